The molecule has 0 saturated heterocycles. The number of hydrogen-bond donors (Lipinski definition) is 2. The van der Waals surface area contributed by atoms with Crippen LogP contribution in [0.1, 0.15) is 37.5 Å². The fraction of sp³-hybridized carbons (Fsp3) is 0.588. The van der Waals surface area contributed by atoms with Gasteiger partial charge in [-0.15, -0.1) is 0 Å². The molecule has 0 radical (unpaired) electrons. The minimum absolute atomic E-state index is 0.0316. The van der Waals surface area contributed by atoms with Crippen molar-refractivity contribution in [3.05, 3.63) is 22.8 Å². The number of carbonyl (C=O) groups excluding carboxylic acids is 1. The van der Waals surface area contributed by atoms with Crippen LogP contribution in [0.5, 0.6) is 11.5 Å². The number of aryl methyl sites for hydroxylation is 1. The Bertz CT molecular complexity index is 526. The van der Waals surface area contributed by atoms with Crippen LogP contribution in [0.15, 0.2) is 6.07 Å². The van der Waals surface area contributed by atoms with Gasteiger partial charge in [0.05, 0.1) is 6.10 Å². The van der Waals surface area contributed by atoms with Gasteiger partial charge in [-0.25, -0.2) is 0 Å². The minimum Gasteiger partial charge on any atom is -0.489 e. The van der Waals surface area contributed by atoms with Gasteiger partial charge in [0.1, 0.15) is 17.6 Å². The summed E-state index contributed by atoms with van der Waals surface area (Å²) in [6, 6.07) is 1.89. The molecular weight excluding hydrogens is 282 g/mol. The monoisotopic (exact) mass is 309 g/mol. The third-order valence-corrected chi connectivity index (χ3v) is 3.42. The van der Waals surface area contributed by atoms with Gasteiger partial charge in [-0.2, -0.15) is 0 Å². The van der Waals surface area contributed by atoms with E-state index < -0.39 is 0 Å². The number of hydrogen-bond acceptors (Lipinski definition) is 5. The van der Waals surface area contributed by atoms with E-state index in [9.17, 15) is 9.90 Å². The Hall–Kier alpha value is -1.59. The Kier molecular flexibility index (Phi) is 6.84. The Balaban J connectivity index is 2.81. The van der Waals surface area contributed by atoms with Crippen LogP contribution in [0.3, 0.4) is 0 Å². The topological polar surface area (TPSA) is 67.8 Å². The van der Waals surface area contributed by atoms with Crippen LogP contribution in [0.25, 0.3) is 0 Å². The van der Waals surface area contributed by atoms with Gasteiger partial charge in [0, 0.05) is 20.0 Å². The zero-order valence-corrected chi connectivity index (χ0v) is 14.3. The molecule has 0 heterocycles. The molecule has 2 atom stereocenters. The maximum Gasteiger partial charge on any atom is 0.308 e. The number of esters is 1. The largest absolute Gasteiger partial charge is 0.489 e. The quantitative estimate of drug-likeness (QED) is 0.597. The van der Waals surface area contributed by atoms with E-state index in [1.165, 1.54) is 6.92 Å². The summed E-state index contributed by atoms with van der Waals surface area (Å²) < 4.78 is 11.2. The molecule has 22 heavy (non-hydrogen) atoms. The SMILES string of the molecule is CC(=O)Oc1c(C)cc(OC(C)CNCC(C)O)c(C)c1C. The first-order valence-electron chi connectivity index (χ1n) is 7.57. The smallest absolute Gasteiger partial charge is 0.308 e. The van der Waals surface area contributed by atoms with Crippen molar-refractivity contribution in [1.82, 2.24) is 5.32 Å². The van der Waals surface area contributed by atoms with Crippen molar-refractivity contribution in [3.8, 4) is 11.5 Å². The summed E-state index contributed by atoms with van der Waals surface area (Å²) in [6.45, 7) is 12.1. The van der Waals surface area contributed by atoms with Crippen LogP contribution in [0.4, 0.5) is 0 Å². The Morgan fingerprint density at radius 1 is 1.23 bits per heavy atom. The number of aliphatic hydroxyl groups excluding tert-OH is 1. The maximum absolute atomic E-state index is 11.2. The highest BCUT2D eigenvalue weighted by Gasteiger charge is 2.15. The van der Waals surface area contributed by atoms with Crippen molar-refractivity contribution in [1.29, 1.82) is 0 Å². The van der Waals surface area contributed by atoms with Crippen LogP contribution >= 0.6 is 0 Å². The molecular formula is C17H27NO4. The molecule has 0 aliphatic rings. The Morgan fingerprint density at radius 2 is 1.86 bits per heavy atom. The number of rotatable bonds is 7. The number of aliphatic hydroxyl groups is 1. The van der Waals surface area contributed by atoms with Crippen molar-refractivity contribution in [2.45, 2.75) is 53.8 Å². The lowest BCUT2D eigenvalue weighted by atomic mass is 10.0. The summed E-state index contributed by atoms with van der Waals surface area (Å²) in [5.74, 6) is 1.07. The van der Waals surface area contributed by atoms with Crippen LogP contribution in [0, 0.1) is 20.8 Å². The normalized spacial score (nSPS) is 13.6. The molecule has 0 aliphatic carbocycles. The molecule has 1 aromatic rings. The van der Waals surface area contributed by atoms with Gasteiger partial charge in [-0.3, -0.25) is 4.79 Å². The van der Waals surface area contributed by atoms with Gasteiger partial charge in [-0.05, 0) is 57.4 Å². The minimum atomic E-state index is -0.374. The fourth-order valence-electron chi connectivity index (χ4n) is 2.20. The Labute approximate surface area is 132 Å². The zero-order valence-electron chi connectivity index (χ0n) is 14.3. The molecule has 2 unspecified atom stereocenters. The predicted molar refractivity (Wildman–Crippen MR) is 86.6 cm³/mol. The van der Waals surface area contributed by atoms with Crippen molar-refractivity contribution in [2.24, 2.45) is 0 Å². The van der Waals surface area contributed by atoms with Crippen LogP contribution in [-0.4, -0.2) is 36.4 Å². The summed E-state index contributed by atoms with van der Waals surface area (Å²) in [6.07, 6.45) is -0.405. The molecule has 0 aliphatic heterocycles. The summed E-state index contributed by atoms with van der Waals surface area (Å²) in [4.78, 5) is 11.2. The molecule has 0 bridgehead atoms. The summed E-state index contributed by atoms with van der Waals surface area (Å²) in [7, 11) is 0. The van der Waals surface area contributed by atoms with Crippen LogP contribution in [0.2, 0.25) is 0 Å². The molecule has 0 fully saturated rings. The summed E-state index contributed by atoms with van der Waals surface area (Å²) in [5.41, 5.74) is 2.75. The third-order valence-electron chi connectivity index (χ3n) is 3.42. The number of ether oxygens (including phenoxy) is 2. The molecule has 5 heteroatoms. The predicted octanol–water partition coefficient (Wildman–Crippen LogP) is 2.27. The lowest BCUT2D eigenvalue weighted by Gasteiger charge is -2.20. The highest BCUT2D eigenvalue weighted by atomic mass is 16.5. The second-order valence-corrected chi connectivity index (χ2v) is 5.80. The van der Waals surface area contributed by atoms with E-state index in [1.54, 1.807) is 6.92 Å². The molecule has 5 nitrogen and oxygen atoms in total. The van der Waals surface area contributed by atoms with Gasteiger partial charge >= 0.3 is 5.97 Å². The first-order valence-corrected chi connectivity index (χ1v) is 7.57. The second-order valence-electron chi connectivity index (χ2n) is 5.80. The van der Waals surface area contributed by atoms with Crippen molar-refractivity contribution < 1.29 is 19.4 Å². The summed E-state index contributed by atoms with van der Waals surface area (Å²) >= 11 is 0. The van der Waals surface area contributed by atoms with Gasteiger partial charge in [0.25, 0.3) is 0 Å². The first kappa shape index (κ1) is 18.5. The average Bonchev–Trinajstić information content (AvgIpc) is 2.40. The lowest BCUT2D eigenvalue weighted by molar-refractivity contribution is -0.131. The molecule has 0 spiro atoms. The standard InChI is InChI=1S/C17H27NO4/c1-10-7-16(21-12(3)9-18-8-11(2)19)13(4)14(5)17(10)22-15(6)20/h7,11-12,18-19H,8-9H2,1-6H3. The van der Waals surface area contributed by atoms with Crippen molar-refractivity contribution in [3.63, 3.8) is 0 Å². The van der Waals surface area contributed by atoms with E-state index in [-0.39, 0.29) is 18.2 Å². The second kappa shape index (κ2) is 8.15. The van der Waals surface area contributed by atoms with E-state index in [4.69, 9.17) is 9.47 Å². The van der Waals surface area contributed by atoms with E-state index in [0.717, 1.165) is 22.4 Å². The highest BCUT2D eigenvalue weighted by molar-refractivity contribution is 5.71. The van der Waals surface area contributed by atoms with E-state index in [0.29, 0.717) is 18.8 Å². The van der Waals surface area contributed by atoms with Crippen LogP contribution < -0.4 is 14.8 Å². The highest BCUT2D eigenvalue weighted by Crippen LogP contribution is 2.33. The Morgan fingerprint density at radius 3 is 2.41 bits per heavy atom. The first-order chi connectivity index (χ1) is 10.2. The van der Waals surface area contributed by atoms with Gasteiger partial charge in [-0.1, -0.05) is 0 Å². The van der Waals surface area contributed by atoms with Gasteiger partial charge in [0.2, 0.25) is 0 Å². The lowest BCUT2D eigenvalue weighted by Crippen LogP contribution is -2.33. The molecule has 1 aromatic carbocycles. The molecule has 0 aromatic heterocycles. The van der Waals surface area contributed by atoms with E-state index in [1.807, 2.05) is 33.8 Å². The van der Waals surface area contributed by atoms with E-state index >= 15 is 0 Å². The van der Waals surface area contributed by atoms with Crippen molar-refractivity contribution in [2.75, 3.05) is 13.1 Å². The molecule has 0 amide bonds. The number of nitrogens with one attached hydrogen (secondary N) is 1. The zero-order chi connectivity index (χ0) is 16.9. The number of benzene rings is 1. The third kappa shape index (κ3) is 5.31. The molecule has 0 saturated carbocycles. The van der Waals surface area contributed by atoms with E-state index in [2.05, 4.69) is 5.32 Å². The van der Waals surface area contributed by atoms with Gasteiger partial charge < -0.3 is 19.9 Å². The summed E-state index contributed by atoms with van der Waals surface area (Å²) in [5, 5.41) is 12.4. The molecule has 124 valence electrons. The van der Waals surface area contributed by atoms with Gasteiger partial charge in [0.15, 0.2) is 0 Å². The molecule has 1 rings (SSSR count). The fourth-order valence-corrected chi connectivity index (χ4v) is 2.20. The number of carbonyl (C=O) groups is 1. The average molecular weight is 309 g/mol. The molecule has 2 N–H and O–H groups in total. The maximum atomic E-state index is 11.2. The van der Waals surface area contributed by atoms with Crippen LogP contribution in [-0.2, 0) is 4.79 Å². The van der Waals surface area contributed by atoms with Crippen molar-refractivity contribution >= 4 is 5.97 Å².